The van der Waals surface area contributed by atoms with E-state index in [-0.39, 0.29) is 24.4 Å². The molecule has 2 N–H and O–H groups in total. The van der Waals surface area contributed by atoms with Crippen LogP contribution in [0.5, 0.6) is 23.0 Å². The van der Waals surface area contributed by atoms with Crippen LogP contribution in [0.25, 0.3) is 10.9 Å². The minimum Gasteiger partial charge on any atom is -0.497 e. The lowest BCUT2D eigenvalue weighted by Gasteiger charge is -2.17. The fraction of sp³-hybridized carbons (Fsp3) is 0.364. The molecule has 4 rings (SSSR count). The minimum atomic E-state index is 0. The van der Waals surface area contributed by atoms with Gasteiger partial charge >= 0.3 is 0 Å². The zero-order chi connectivity index (χ0) is 20.0. The maximum atomic E-state index is 5.64. The summed E-state index contributed by atoms with van der Waals surface area (Å²) >= 11 is 0. The fourth-order valence-corrected chi connectivity index (χ4v) is 4.30. The van der Waals surface area contributed by atoms with Crippen molar-refractivity contribution in [2.24, 2.45) is 0 Å². The molecule has 2 unspecified atom stereocenters. The number of rotatable bonds is 5. The Kier molecular flexibility index (Phi) is 5.75. The molecule has 7 heteroatoms. The number of hydrogen-bond acceptors (Lipinski definition) is 5. The van der Waals surface area contributed by atoms with Crippen molar-refractivity contribution in [2.45, 2.75) is 25.8 Å². The highest BCUT2D eigenvalue weighted by atomic mass is 35.5. The van der Waals surface area contributed by atoms with Gasteiger partial charge in [0.2, 0.25) is 0 Å². The molecule has 0 spiro atoms. The van der Waals surface area contributed by atoms with Gasteiger partial charge in [-0.05, 0) is 12.5 Å². The largest absolute Gasteiger partial charge is 0.497 e. The van der Waals surface area contributed by atoms with Gasteiger partial charge in [0, 0.05) is 52.5 Å². The molecule has 0 fully saturated rings. The van der Waals surface area contributed by atoms with Crippen molar-refractivity contribution in [3.8, 4) is 23.0 Å². The van der Waals surface area contributed by atoms with E-state index in [2.05, 4.69) is 24.1 Å². The van der Waals surface area contributed by atoms with Crippen molar-refractivity contribution in [1.29, 1.82) is 0 Å². The maximum absolute atomic E-state index is 5.64. The number of halogens is 1. The highest BCUT2D eigenvalue weighted by molar-refractivity contribution is 5.92. The van der Waals surface area contributed by atoms with Crippen molar-refractivity contribution in [3.05, 3.63) is 41.1 Å². The third kappa shape index (κ3) is 3.21. The van der Waals surface area contributed by atoms with Crippen molar-refractivity contribution in [3.63, 3.8) is 0 Å². The van der Waals surface area contributed by atoms with Crippen LogP contribution in [0.1, 0.15) is 35.7 Å². The minimum absolute atomic E-state index is 0. The molecular formula is C22H27ClN2O4. The van der Waals surface area contributed by atoms with Crippen molar-refractivity contribution in [1.82, 2.24) is 4.98 Å². The topological polar surface area (TPSA) is 64.7 Å². The number of benzene rings is 2. The Morgan fingerprint density at radius 1 is 0.828 bits per heavy atom. The van der Waals surface area contributed by atoms with E-state index in [0.29, 0.717) is 0 Å². The summed E-state index contributed by atoms with van der Waals surface area (Å²) in [5, 5.41) is 4.73. The van der Waals surface area contributed by atoms with Crippen LogP contribution < -0.4 is 24.3 Å². The SMILES string of the molecule is COc1cc2c(c(OC)c1)C(C)C(c1[nH]c3cc(OC)cc(OC)c3c1C)N2.Cl. The van der Waals surface area contributed by atoms with Crippen LogP contribution in [0.4, 0.5) is 5.69 Å². The van der Waals surface area contributed by atoms with Gasteiger partial charge in [0.15, 0.2) is 0 Å². The van der Waals surface area contributed by atoms with E-state index < -0.39 is 0 Å². The number of anilines is 1. The number of methoxy groups -OCH3 is 4. The summed E-state index contributed by atoms with van der Waals surface area (Å²) in [6.07, 6.45) is 0. The zero-order valence-corrected chi connectivity index (χ0v) is 18.3. The summed E-state index contributed by atoms with van der Waals surface area (Å²) in [6, 6.07) is 7.96. The second-order valence-electron chi connectivity index (χ2n) is 7.12. The van der Waals surface area contributed by atoms with Gasteiger partial charge in [-0.2, -0.15) is 0 Å². The Balaban J connectivity index is 0.00000240. The Morgan fingerprint density at radius 2 is 1.45 bits per heavy atom. The fourth-order valence-electron chi connectivity index (χ4n) is 4.30. The molecule has 1 aromatic heterocycles. The van der Waals surface area contributed by atoms with E-state index in [4.69, 9.17) is 18.9 Å². The second-order valence-corrected chi connectivity index (χ2v) is 7.12. The van der Waals surface area contributed by atoms with Crippen molar-refractivity contribution < 1.29 is 18.9 Å². The first-order valence-electron chi connectivity index (χ1n) is 9.29. The molecule has 2 aromatic carbocycles. The molecule has 1 aliphatic heterocycles. The third-order valence-electron chi connectivity index (χ3n) is 5.73. The monoisotopic (exact) mass is 418 g/mol. The molecule has 0 saturated carbocycles. The van der Waals surface area contributed by atoms with Crippen LogP contribution in [0.15, 0.2) is 24.3 Å². The average Bonchev–Trinajstić information content (AvgIpc) is 3.23. The van der Waals surface area contributed by atoms with Crippen molar-refractivity contribution in [2.75, 3.05) is 33.8 Å². The van der Waals surface area contributed by atoms with Crippen LogP contribution >= 0.6 is 12.4 Å². The quantitative estimate of drug-likeness (QED) is 0.596. The number of fused-ring (bicyclic) bond motifs is 2. The normalized spacial score (nSPS) is 17.3. The first-order valence-corrected chi connectivity index (χ1v) is 9.29. The first kappa shape index (κ1) is 21.0. The highest BCUT2D eigenvalue weighted by Crippen LogP contribution is 2.51. The molecule has 0 saturated heterocycles. The highest BCUT2D eigenvalue weighted by Gasteiger charge is 2.35. The van der Waals surface area contributed by atoms with Gasteiger partial charge in [-0.15, -0.1) is 12.4 Å². The van der Waals surface area contributed by atoms with Gasteiger partial charge in [0.05, 0.1) is 40.0 Å². The summed E-state index contributed by atoms with van der Waals surface area (Å²) < 4.78 is 22.1. The molecule has 6 nitrogen and oxygen atoms in total. The molecule has 2 heterocycles. The molecule has 2 atom stereocenters. The lowest BCUT2D eigenvalue weighted by molar-refractivity contribution is 0.390. The number of hydrogen-bond donors (Lipinski definition) is 2. The Hall–Kier alpha value is -2.73. The predicted octanol–water partition coefficient (Wildman–Crippen LogP) is 5.20. The van der Waals surface area contributed by atoms with Gasteiger partial charge in [-0.3, -0.25) is 0 Å². The molecule has 1 aliphatic rings. The maximum Gasteiger partial charge on any atom is 0.132 e. The van der Waals surface area contributed by atoms with Crippen LogP contribution in [0.2, 0.25) is 0 Å². The Bertz CT molecular complexity index is 1050. The first-order chi connectivity index (χ1) is 13.5. The molecule has 0 amide bonds. The number of aromatic nitrogens is 1. The van der Waals surface area contributed by atoms with Crippen LogP contribution in [-0.4, -0.2) is 33.4 Å². The van der Waals surface area contributed by atoms with Crippen LogP contribution in [0, 0.1) is 6.92 Å². The van der Waals surface area contributed by atoms with Crippen molar-refractivity contribution >= 4 is 29.0 Å². The smallest absolute Gasteiger partial charge is 0.132 e. The average molecular weight is 419 g/mol. The van der Waals surface area contributed by atoms with Gasteiger partial charge < -0.3 is 29.2 Å². The second kappa shape index (κ2) is 7.95. The summed E-state index contributed by atoms with van der Waals surface area (Å²) in [4.78, 5) is 3.59. The van der Waals surface area contributed by atoms with E-state index >= 15 is 0 Å². The molecule has 0 aliphatic carbocycles. The third-order valence-corrected chi connectivity index (χ3v) is 5.73. The molecule has 156 valence electrons. The number of nitrogens with one attached hydrogen (secondary N) is 2. The van der Waals surface area contributed by atoms with E-state index in [1.807, 2.05) is 24.3 Å². The zero-order valence-electron chi connectivity index (χ0n) is 17.5. The number of H-pyrrole nitrogens is 1. The molecule has 29 heavy (non-hydrogen) atoms. The van der Waals surface area contributed by atoms with Gasteiger partial charge in [-0.1, -0.05) is 6.92 Å². The van der Waals surface area contributed by atoms with E-state index in [0.717, 1.165) is 56.4 Å². The number of aromatic amines is 1. The number of ether oxygens (including phenoxy) is 4. The van der Waals surface area contributed by atoms with Gasteiger partial charge in [0.25, 0.3) is 0 Å². The summed E-state index contributed by atoms with van der Waals surface area (Å²) in [6.45, 7) is 4.33. The van der Waals surface area contributed by atoms with E-state index in [9.17, 15) is 0 Å². The number of aryl methyl sites for hydroxylation is 1. The molecule has 0 bridgehead atoms. The standard InChI is InChI=1S/C22H26N2O4.ClH/c1-11-19-15(7-13(25-3)9-17(19)27-5)23-21(11)22-12(2)20-16(24-22)8-14(26-4)10-18(20)28-6;/h7-11,21,23-24H,1-6H3;1H. The summed E-state index contributed by atoms with van der Waals surface area (Å²) in [7, 11) is 6.71. The van der Waals surface area contributed by atoms with Crippen LogP contribution in [-0.2, 0) is 0 Å². The molecular weight excluding hydrogens is 392 g/mol. The lowest BCUT2D eigenvalue weighted by atomic mass is 9.92. The summed E-state index contributed by atoms with van der Waals surface area (Å²) in [5.41, 5.74) is 5.49. The van der Waals surface area contributed by atoms with Gasteiger partial charge in [0.1, 0.15) is 23.0 Å². The Morgan fingerprint density at radius 3 is 2.07 bits per heavy atom. The van der Waals surface area contributed by atoms with Crippen LogP contribution in [0.3, 0.4) is 0 Å². The molecule has 3 aromatic rings. The lowest BCUT2D eigenvalue weighted by Crippen LogP contribution is -2.11. The summed E-state index contributed by atoms with van der Waals surface area (Å²) in [5.74, 6) is 3.40. The van der Waals surface area contributed by atoms with E-state index in [1.54, 1.807) is 28.4 Å². The van der Waals surface area contributed by atoms with Gasteiger partial charge in [-0.25, -0.2) is 0 Å². The predicted molar refractivity (Wildman–Crippen MR) is 118 cm³/mol. The Labute approximate surface area is 176 Å². The molecule has 0 radical (unpaired) electrons. The van der Waals surface area contributed by atoms with E-state index in [1.165, 1.54) is 0 Å².